The van der Waals surface area contributed by atoms with Crippen LogP contribution < -0.4 is 26.2 Å². The lowest BCUT2D eigenvalue weighted by Crippen LogP contribution is -2.51. The number of nitrogens with zero attached hydrogens (tertiary/aromatic N) is 2. The molecule has 0 saturated heterocycles. The van der Waals surface area contributed by atoms with Gasteiger partial charge in [-0.2, -0.15) is 0 Å². The standard InChI is InChI=1S/C43H65BN2/c1-10-14-18-22-45(23-19-15-11-2)41-30-37-38-31-42(46(24-20-16-12-3)25-21-17-13-4)34(7)29-40(38)44(39(37)28-33(41)6)43-35(8)26-32(5)27-36(43)9/h26-31H,10-25H2,1-9H3. The molecule has 0 radical (unpaired) electrons. The highest BCUT2D eigenvalue weighted by Gasteiger charge is 2.37. The van der Waals surface area contributed by atoms with Crippen LogP contribution in [0.1, 0.15) is 133 Å². The maximum absolute atomic E-state index is 2.73. The molecule has 0 atom stereocenters. The summed E-state index contributed by atoms with van der Waals surface area (Å²) in [6.07, 6.45) is 15.4. The third kappa shape index (κ3) is 8.42. The van der Waals surface area contributed by atoms with Gasteiger partial charge in [0.25, 0.3) is 0 Å². The summed E-state index contributed by atoms with van der Waals surface area (Å²) >= 11 is 0. The number of hydrogen-bond acceptors (Lipinski definition) is 2. The van der Waals surface area contributed by atoms with E-state index in [0.717, 1.165) is 26.2 Å². The van der Waals surface area contributed by atoms with Crippen LogP contribution in [-0.2, 0) is 0 Å². The van der Waals surface area contributed by atoms with Crippen molar-refractivity contribution in [1.82, 2.24) is 0 Å². The van der Waals surface area contributed by atoms with E-state index in [4.69, 9.17) is 0 Å². The van der Waals surface area contributed by atoms with Crippen LogP contribution in [0.5, 0.6) is 0 Å². The zero-order valence-electron chi connectivity index (χ0n) is 31.2. The summed E-state index contributed by atoms with van der Waals surface area (Å²) < 4.78 is 0. The van der Waals surface area contributed by atoms with Crippen LogP contribution in [-0.4, -0.2) is 32.9 Å². The van der Waals surface area contributed by atoms with Crippen LogP contribution in [0.4, 0.5) is 11.4 Å². The van der Waals surface area contributed by atoms with Gasteiger partial charge in [0.05, 0.1) is 0 Å². The first-order chi connectivity index (χ1) is 22.2. The van der Waals surface area contributed by atoms with Gasteiger partial charge < -0.3 is 9.80 Å². The van der Waals surface area contributed by atoms with Gasteiger partial charge in [0.2, 0.25) is 6.71 Å². The van der Waals surface area contributed by atoms with Gasteiger partial charge in [-0.15, -0.1) is 0 Å². The molecule has 250 valence electrons. The maximum atomic E-state index is 2.73. The molecule has 2 nitrogen and oxygen atoms in total. The number of rotatable bonds is 19. The van der Waals surface area contributed by atoms with Gasteiger partial charge in [0.15, 0.2) is 0 Å². The predicted molar refractivity (Wildman–Crippen MR) is 209 cm³/mol. The van der Waals surface area contributed by atoms with Crippen LogP contribution >= 0.6 is 0 Å². The molecule has 0 N–H and O–H groups in total. The molecule has 3 aromatic carbocycles. The molecular weight excluding hydrogens is 555 g/mol. The second kappa shape index (κ2) is 17.5. The molecule has 0 aromatic heterocycles. The van der Waals surface area contributed by atoms with Crippen molar-refractivity contribution in [2.24, 2.45) is 0 Å². The average Bonchev–Trinajstić information content (AvgIpc) is 3.30. The van der Waals surface area contributed by atoms with Crippen molar-refractivity contribution in [2.45, 2.75) is 139 Å². The van der Waals surface area contributed by atoms with Gasteiger partial charge >= 0.3 is 0 Å². The van der Waals surface area contributed by atoms with Gasteiger partial charge in [-0.3, -0.25) is 0 Å². The Bertz CT molecular complexity index is 1300. The molecule has 4 rings (SSSR count). The summed E-state index contributed by atoms with van der Waals surface area (Å²) in [5.74, 6) is 0. The first-order valence-electron chi connectivity index (χ1n) is 19.1. The highest BCUT2D eigenvalue weighted by molar-refractivity contribution is 6.99. The Hall–Kier alpha value is -2.68. The molecule has 1 aliphatic heterocycles. The van der Waals surface area contributed by atoms with Crippen LogP contribution in [0, 0.1) is 34.6 Å². The molecule has 0 unspecified atom stereocenters. The number of aryl methyl sites for hydroxylation is 5. The maximum Gasteiger partial charge on any atom is 0.243 e. The summed E-state index contributed by atoms with van der Waals surface area (Å²) in [4.78, 5) is 5.46. The van der Waals surface area contributed by atoms with E-state index in [1.54, 1.807) is 0 Å². The number of benzene rings is 3. The summed E-state index contributed by atoms with van der Waals surface area (Å²) in [5.41, 5.74) is 17.5. The largest absolute Gasteiger partial charge is 0.371 e. The van der Waals surface area contributed by atoms with E-state index in [0.29, 0.717) is 0 Å². The monoisotopic (exact) mass is 621 g/mol. The zero-order chi connectivity index (χ0) is 33.2. The fourth-order valence-electron chi connectivity index (χ4n) is 8.10. The van der Waals surface area contributed by atoms with E-state index in [1.165, 1.54) is 144 Å². The Morgan fingerprint density at radius 2 is 0.783 bits per heavy atom. The molecule has 0 amide bonds. The Morgan fingerprint density at radius 1 is 0.435 bits per heavy atom. The summed E-state index contributed by atoms with van der Waals surface area (Å²) in [5, 5.41) is 0. The van der Waals surface area contributed by atoms with Crippen LogP contribution in [0.2, 0.25) is 0 Å². The van der Waals surface area contributed by atoms with Gasteiger partial charge in [-0.25, -0.2) is 0 Å². The number of unbranched alkanes of at least 4 members (excludes halogenated alkanes) is 8. The van der Waals surface area contributed by atoms with Gasteiger partial charge in [-0.1, -0.05) is 136 Å². The molecule has 1 heterocycles. The minimum absolute atomic E-state index is 0.286. The second-order valence-corrected chi connectivity index (χ2v) is 14.5. The zero-order valence-corrected chi connectivity index (χ0v) is 31.2. The first-order valence-corrected chi connectivity index (χ1v) is 19.1. The Labute approximate surface area is 284 Å². The van der Waals surface area contributed by atoms with Crippen molar-refractivity contribution in [3.8, 4) is 11.1 Å². The Kier molecular flexibility index (Phi) is 13.7. The fourth-order valence-corrected chi connectivity index (χ4v) is 8.10. The molecule has 46 heavy (non-hydrogen) atoms. The van der Waals surface area contributed by atoms with E-state index < -0.39 is 0 Å². The highest BCUT2D eigenvalue weighted by atomic mass is 15.1. The summed E-state index contributed by atoms with van der Waals surface area (Å²) in [7, 11) is 0. The molecule has 3 aromatic rings. The molecule has 0 spiro atoms. The van der Waals surface area contributed by atoms with Crippen LogP contribution in [0.25, 0.3) is 11.1 Å². The van der Waals surface area contributed by atoms with Crippen molar-refractivity contribution in [1.29, 1.82) is 0 Å². The van der Waals surface area contributed by atoms with Crippen molar-refractivity contribution in [2.75, 3.05) is 36.0 Å². The number of anilines is 2. The van der Waals surface area contributed by atoms with Gasteiger partial charge in [-0.05, 0) is 94.7 Å². The Balaban J connectivity index is 1.90. The van der Waals surface area contributed by atoms with E-state index in [9.17, 15) is 0 Å². The number of fused-ring (bicyclic) bond motifs is 3. The lowest BCUT2D eigenvalue weighted by molar-refractivity contribution is 0.635. The lowest BCUT2D eigenvalue weighted by Gasteiger charge is -2.28. The molecule has 0 bridgehead atoms. The summed E-state index contributed by atoms with van der Waals surface area (Å²) in [6, 6.07) is 15.2. The smallest absolute Gasteiger partial charge is 0.243 e. The van der Waals surface area contributed by atoms with Crippen molar-refractivity contribution >= 4 is 34.5 Å². The Morgan fingerprint density at radius 3 is 1.11 bits per heavy atom. The molecule has 3 heteroatoms. The SMILES string of the molecule is CCCCCN(CCCCC)c1cc2c(cc1C)B(c1c(C)cc(C)cc1C)c1cc(C)c(N(CCCCC)CCCCC)cc1-2. The molecule has 0 aliphatic carbocycles. The number of hydrogen-bond donors (Lipinski definition) is 0. The third-order valence-electron chi connectivity index (χ3n) is 10.5. The average molecular weight is 621 g/mol. The molecule has 0 fully saturated rings. The first kappa shape index (κ1) is 36.2. The van der Waals surface area contributed by atoms with Crippen molar-refractivity contribution in [3.63, 3.8) is 0 Å². The predicted octanol–water partition coefficient (Wildman–Crippen LogP) is 10.1. The van der Waals surface area contributed by atoms with Crippen molar-refractivity contribution < 1.29 is 0 Å². The normalized spacial score (nSPS) is 12.1. The lowest BCUT2D eigenvalue weighted by atomic mass is 9.37. The molecular formula is C43H65BN2. The van der Waals surface area contributed by atoms with E-state index in [2.05, 4.69) is 109 Å². The fraction of sp³-hybridized carbons (Fsp3) is 0.581. The van der Waals surface area contributed by atoms with E-state index in [-0.39, 0.29) is 6.71 Å². The minimum atomic E-state index is 0.286. The van der Waals surface area contributed by atoms with Crippen molar-refractivity contribution in [3.05, 3.63) is 64.2 Å². The third-order valence-corrected chi connectivity index (χ3v) is 10.5. The second-order valence-electron chi connectivity index (χ2n) is 14.5. The molecule has 0 saturated carbocycles. The van der Waals surface area contributed by atoms with Crippen LogP contribution in [0.15, 0.2) is 36.4 Å². The quantitative estimate of drug-likeness (QED) is 0.0760. The van der Waals surface area contributed by atoms with Gasteiger partial charge in [0.1, 0.15) is 0 Å². The molecule has 1 aliphatic rings. The topological polar surface area (TPSA) is 6.48 Å². The minimum Gasteiger partial charge on any atom is -0.371 e. The highest BCUT2D eigenvalue weighted by Crippen LogP contribution is 2.35. The van der Waals surface area contributed by atoms with E-state index in [1.807, 2.05) is 0 Å². The van der Waals surface area contributed by atoms with Gasteiger partial charge in [0, 0.05) is 37.6 Å². The van der Waals surface area contributed by atoms with Crippen LogP contribution in [0.3, 0.4) is 0 Å². The van der Waals surface area contributed by atoms with E-state index >= 15 is 0 Å². The summed E-state index contributed by atoms with van der Waals surface area (Å²) in [6.45, 7) is 25.9.